The van der Waals surface area contributed by atoms with E-state index in [4.69, 9.17) is 29.6 Å². The summed E-state index contributed by atoms with van der Waals surface area (Å²) in [7, 11) is 0. The van der Waals surface area contributed by atoms with Crippen LogP contribution < -0.4 is 0 Å². The van der Waals surface area contributed by atoms with Gasteiger partial charge in [-0.05, 0) is 18.4 Å². The molecular formula is C6HCl2N2. The summed E-state index contributed by atoms with van der Waals surface area (Å²) in [5.41, 5.74) is 0.349. The average Bonchev–Trinajstić information content (AvgIpc) is 1.94. The molecule has 10 heavy (non-hydrogen) atoms. The van der Waals surface area contributed by atoms with Crippen molar-refractivity contribution >= 4 is 23.2 Å². The van der Waals surface area contributed by atoms with Crippen molar-refractivity contribution in [2.45, 2.75) is 0 Å². The minimum atomic E-state index is 0.138. The molecule has 0 fully saturated rings. The molecule has 4 heteroatoms. The Morgan fingerprint density at radius 1 is 1.40 bits per heavy atom. The van der Waals surface area contributed by atoms with Crippen LogP contribution in [0.1, 0.15) is 5.56 Å². The average molecular weight is 172 g/mol. The van der Waals surface area contributed by atoms with E-state index >= 15 is 0 Å². The topological polar surface area (TPSA) is 25.8 Å². The van der Waals surface area contributed by atoms with Gasteiger partial charge < -0.3 is 0 Å². The first-order valence-corrected chi connectivity index (χ1v) is 3.11. The zero-order valence-electron chi connectivity index (χ0n) is 4.73. The highest BCUT2D eigenvalue weighted by molar-refractivity contribution is 6.32. The summed E-state index contributed by atoms with van der Waals surface area (Å²) in [5, 5.41) is 7.24. The van der Waals surface area contributed by atoms with Crippen LogP contribution in [0.25, 0.3) is 0 Å². The van der Waals surface area contributed by atoms with Gasteiger partial charge in [0, 0.05) is 0 Å². The van der Waals surface area contributed by atoms with Crippen molar-refractivity contribution < 1.29 is 0 Å². The number of rotatable bonds is 0. The summed E-state index contributed by atoms with van der Waals surface area (Å²) in [6.07, 6.45) is 6.72. The fraction of sp³-hybridized carbons (Fsp3) is 0. The molecule has 1 aromatic rings. The molecule has 2 nitrogen and oxygen atoms in total. The fourth-order valence-corrected chi connectivity index (χ4v) is 0.727. The first kappa shape index (κ1) is 7.33. The van der Waals surface area contributed by atoms with Crippen molar-refractivity contribution in [2.75, 3.05) is 0 Å². The zero-order valence-corrected chi connectivity index (χ0v) is 6.24. The second-order valence-corrected chi connectivity index (χ2v) is 2.24. The van der Waals surface area contributed by atoms with Gasteiger partial charge in [0.25, 0.3) is 0 Å². The lowest BCUT2D eigenvalue weighted by Crippen LogP contribution is -1.86. The molecule has 0 bridgehead atoms. The Morgan fingerprint density at radius 2 is 2.10 bits per heavy atom. The summed E-state index contributed by atoms with van der Waals surface area (Å²) in [5.74, 6) is 2.07. The molecule has 0 aromatic carbocycles. The van der Waals surface area contributed by atoms with Crippen LogP contribution in [-0.4, -0.2) is 10.2 Å². The van der Waals surface area contributed by atoms with Gasteiger partial charge in [-0.1, -0.05) is 23.2 Å². The lowest BCUT2D eigenvalue weighted by atomic mass is 10.3. The van der Waals surface area contributed by atoms with Crippen molar-refractivity contribution in [1.82, 2.24) is 10.2 Å². The second kappa shape index (κ2) is 2.87. The molecule has 0 atom stereocenters. The number of hydrogen-bond donors (Lipinski definition) is 0. The van der Waals surface area contributed by atoms with E-state index in [1.807, 2.05) is 0 Å². The highest BCUT2D eigenvalue weighted by Gasteiger charge is 1.99. The van der Waals surface area contributed by atoms with E-state index in [-0.39, 0.29) is 10.3 Å². The zero-order chi connectivity index (χ0) is 7.56. The third-order valence-electron chi connectivity index (χ3n) is 0.854. The number of halogens is 2. The van der Waals surface area contributed by atoms with Gasteiger partial charge in [0.1, 0.15) is 0 Å². The molecule has 0 unspecified atom stereocenters. The Hall–Kier alpha value is -0.780. The van der Waals surface area contributed by atoms with Gasteiger partial charge in [-0.15, -0.1) is 10.2 Å². The van der Waals surface area contributed by atoms with Gasteiger partial charge in [-0.3, -0.25) is 0 Å². The molecule has 0 aliphatic rings. The second-order valence-electron chi connectivity index (χ2n) is 1.50. The molecule has 0 spiro atoms. The standard InChI is InChI=1S/C6HCl2N2/c1-2-4-3-5(7)9-10-6(4)8/h3H. The van der Waals surface area contributed by atoms with Crippen LogP contribution in [0.4, 0.5) is 0 Å². The van der Waals surface area contributed by atoms with Gasteiger partial charge in [0.15, 0.2) is 10.3 Å². The monoisotopic (exact) mass is 171 g/mol. The Labute approximate surface area is 68.2 Å². The van der Waals surface area contributed by atoms with Gasteiger partial charge in [-0.25, -0.2) is 0 Å². The van der Waals surface area contributed by atoms with Crippen LogP contribution in [-0.2, 0) is 0 Å². The van der Waals surface area contributed by atoms with Gasteiger partial charge in [0.2, 0.25) is 0 Å². The van der Waals surface area contributed by atoms with Gasteiger partial charge in [-0.2, -0.15) is 0 Å². The van der Waals surface area contributed by atoms with Crippen molar-refractivity contribution in [1.29, 1.82) is 0 Å². The van der Waals surface area contributed by atoms with Gasteiger partial charge >= 0.3 is 0 Å². The minimum absolute atomic E-state index is 0.138. The van der Waals surface area contributed by atoms with E-state index in [0.29, 0.717) is 5.56 Å². The van der Waals surface area contributed by atoms with E-state index in [2.05, 4.69) is 16.1 Å². The summed E-state index contributed by atoms with van der Waals surface area (Å²) >= 11 is 10.9. The maximum absolute atomic E-state index is 6.72. The van der Waals surface area contributed by atoms with Crippen LogP contribution in [0.5, 0.6) is 0 Å². The maximum atomic E-state index is 6.72. The molecule has 0 saturated carbocycles. The van der Waals surface area contributed by atoms with Crippen LogP contribution in [0, 0.1) is 12.3 Å². The summed E-state index contributed by atoms with van der Waals surface area (Å²) in [4.78, 5) is 0. The van der Waals surface area contributed by atoms with Crippen LogP contribution in [0.15, 0.2) is 6.07 Å². The molecule has 0 amide bonds. The van der Waals surface area contributed by atoms with Crippen LogP contribution in [0.2, 0.25) is 10.3 Å². The Balaban J connectivity index is 3.25. The first-order valence-electron chi connectivity index (χ1n) is 2.35. The normalized spacial score (nSPS) is 8.90. The Kier molecular flexibility index (Phi) is 2.10. The highest BCUT2D eigenvalue weighted by atomic mass is 35.5. The summed E-state index contributed by atoms with van der Waals surface area (Å²) in [6.45, 7) is 0. The smallest absolute Gasteiger partial charge is 0.137 e. The lowest BCUT2D eigenvalue weighted by Gasteiger charge is -1.91. The number of hydrogen-bond acceptors (Lipinski definition) is 2. The summed E-state index contributed by atoms with van der Waals surface area (Å²) in [6, 6.07) is 1.42. The van der Waals surface area contributed by atoms with Crippen LogP contribution >= 0.6 is 23.2 Å². The molecule has 1 rings (SSSR count). The molecular weight excluding hydrogens is 171 g/mol. The van der Waals surface area contributed by atoms with Crippen LogP contribution in [0.3, 0.4) is 0 Å². The van der Waals surface area contributed by atoms with Crippen molar-refractivity contribution in [3.63, 3.8) is 0 Å². The molecule has 1 heterocycles. The highest BCUT2D eigenvalue weighted by Crippen LogP contribution is 2.13. The number of aromatic nitrogens is 2. The number of nitrogens with zero attached hydrogens (tertiary/aromatic N) is 2. The predicted octanol–water partition coefficient (Wildman–Crippen LogP) is 1.72. The predicted molar refractivity (Wildman–Crippen MR) is 38.3 cm³/mol. The summed E-state index contributed by atoms with van der Waals surface area (Å²) < 4.78 is 0. The van der Waals surface area contributed by atoms with E-state index in [1.165, 1.54) is 6.07 Å². The third kappa shape index (κ3) is 1.38. The molecule has 0 saturated heterocycles. The molecule has 0 N–H and O–H groups in total. The Morgan fingerprint density at radius 3 is 2.60 bits per heavy atom. The maximum Gasteiger partial charge on any atom is 0.167 e. The third-order valence-corrected chi connectivity index (χ3v) is 1.32. The van der Waals surface area contributed by atoms with Crippen molar-refractivity contribution in [2.24, 2.45) is 0 Å². The molecule has 1 radical (unpaired) electrons. The minimum Gasteiger partial charge on any atom is -0.137 e. The van der Waals surface area contributed by atoms with E-state index in [0.717, 1.165) is 0 Å². The lowest BCUT2D eigenvalue weighted by molar-refractivity contribution is 1.03. The van der Waals surface area contributed by atoms with E-state index < -0.39 is 0 Å². The molecule has 0 aliphatic heterocycles. The largest absolute Gasteiger partial charge is 0.167 e. The first-order chi connectivity index (χ1) is 4.74. The van der Waals surface area contributed by atoms with E-state index in [1.54, 1.807) is 0 Å². The van der Waals surface area contributed by atoms with E-state index in [9.17, 15) is 0 Å². The fourth-order valence-electron chi connectivity index (χ4n) is 0.441. The quantitative estimate of drug-likeness (QED) is 0.556. The Bertz CT molecular complexity index is 290. The molecule has 0 aliphatic carbocycles. The van der Waals surface area contributed by atoms with Crippen molar-refractivity contribution in [3.05, 3.63) is 28.4 Å². The van der Waals surface area contributed by atoms with Gasteiger partial charge in [0.05, 0.1) is 5.56 Å². The SMILES string of the molecule is [C]#Cc1cc(Cl)nnc1Cl. The molecule has 1 aromatic heterocycles. The van der Waals surface area contributed by atoms with Crippen molar-refractivity contribution in [3.8, 4) is 5.92 Å². The molecule has 49 valence electrons.